The summed E-state index contributed by atoms with van der Waals surface area (Å²) in [5, 5.41) is 16.7. The zero-order valence-electron chi connectivity index (χ0n) is 10.4. The van der Waals surface area contributed by atoms with E-state index in [0.29, 0.717) is 18.2 Å². The number of aliphatic hydroxyl groups excluding tert-OH is 1. The molecule has 0 amide bonds. The van der Waals surface area contributed by atoms with Crippen LogP contribution in [-0.2, 0) is 16.6 Å². The van der Waals surface area contributed by atoms with Gasteiger partial charge in [0, 0.05) is 6.61 Å². The fraction of sp³-hybridized carbons (Fsp3) is 0.636. The van der Waals surface area contributed by atoms with E-state index in [1.807, 2.05) is 0 Å². The van der Waals surface area contributed by atoms with Gasteiger partial charge in [-0.25, -0.2) is 13.6 Å². The van der Waals surface area contributed by atoms with E-state index in [1.54, 1.807) is 6.07 Å². The fourth-order valence-corrected chi connectivity index (χ4v) is 2.12. The van der Waals surface area contributed by atoms with E-state index >= 15 is 0 Å². The van der Waals surface area contributed by atoms with Crippen LogP contribution in [-0.4, -0.2) is 26.7 Å². The summed E-state index contributed by atoms with van der Waals surface area (Å²) in [6.07, 6.45) is 1.73. The molecule has 1 aromatic heterocycles. The monoisotopic (exact) mass is 276 g/mol. The molecular formula is C11H20N2O4S. The van der Waals surface area contributed by atoms with Gasteiger partial charge in [0.05, 0.1) is 6.54 Å². The molecule has 0 aliphatic rings. The molecule has 104 valence electrons. The van der Waals surface area contributed by atoms with Crippen molar-refractivity contribution in [3.63, 3.8) is 0 Å². The van der Waals surface area contributed by atoms with Crippen molar-refractivity contribution in [1.82, 2.24) is 5.32 Å². The summed E-state index contributed by atoms with van der Waals surface area (Å²) in [4.78, 5) is 0. The molecule has 0 bridgehead atoms. The quantitative estimate of drug-likeness (QED) is 0.638. The van der Waals surface area contributed by atoms with Gasteiger partial charge in [-0.2, -0.15) is 0 Å². The van der Waals surface area contributed by atoms with E-state index in [2.05, 4.69) is 12.2 Å². The number of furan rings is 1. The van der Waals surface area contributed by atoms with Crippen molar-refractivity contribution < 1.29 is 17.9 Å². The van der Waals surface area contributed by atoms with Gasteiger partial charge in [-0.3, -0.25) is 0 Å². The van der Waals surface area contributed by atoms with E-state index in [0.717, 1.165) is 19.4 Å². The van der Waals surface area contributed by atoms with E-state index in [4.69, 9.17) is 14.7 Å². The maximum Gasteiger partial charge on any atom is 0.271 e. The molecule has 1 heterocycles. The smallest absolute Gasteiger partial charge is 0.271 e. The van der Waals surface area contributed by atoms with Crippen LogP contribution in [0.25, 0.3) is 0 Å². The van der Waals surface area contributed by atoms with Crippen molar-refractivity contribution in [2.75, 3.05) is 13.2 Å². The topological polar surface area (TPSA) is 106 Å². The maximum atomic E-state index is 11.0. The third-order valence-corrected chi connectivity index (χ3v) is 3.54. The molecule has 1 atom stereocenters. The van der Waals surface area contributed by atoms with Gasteiger partial charge in [-0.15, -0.1) is 0 Å². The van der Waals surface area contributed by atoms with Crippen LogP contribution in [0.4, 0.5) is 0 Å². The predicted molar refractivity (Wildman–Crippen MR) is 67.3 cm³/mol. The van der Waals surface area contributed by atoms with Gasteiger partial charge in [-0.1, -0.05) is 13.3 Å². The highest BCUT2D eigenvalue weighted by molar-refractivity contribution is 7.89. The number of nitrogens with two attached hydrogens (primary N) is 1. The molecule has 1 aromatic rings. The van der Waals surface area contributed by atoms with Crippen LogP contribution in [0.5, 0.6) is 0 Å². The number of hydrogen-bond donors (Lipinski definition) is 3. The van der Waals surface area contributed by atoms with Crippen LogP contribution in [0.2, 0.25) is 0 Å². The number of primary sulfonamides is 1. The summed E-state index contributed by atoms with van der Waals surface area (Å²) >= 11 is 0. The third kappa shape index (κ3) is 4.77. The summed E-state index contributed by atoms with van der Waals surface area (Å²) < 4.78 is 27.1. The zero-order chi connectivity index (χ0) is 13.6. The Balaban J connectivity index is 2.42. The Labute approximate surface area is 107 Å². The normalized spacial score (nSPS) is 13.7. The highest BCUT2D eigenvalue weighted by atomic mass is 32.2. The van der Waals surface area contributed by atoms with Gasteiger partial charge in [-0.05, 0) is 31.0 Å². The van der Waals surface area contributed by atoms with Gasteiger partial charge in [0.2, 0.25) is 5.09 Å². The Morgan fingerprint density at radius 2 is 2.22 bits per heavy atom. The van der Waals surface area contributed by atoms with E-state index < -0.39 is 10.0 Å². The lowest BCUT2D eigenvalue weighted by atomic mass is 10.0. The van der Waals surface area contributed by atoms with Crippen LogP contribution in [0.3, 0.4) is 0 Å². The van der Waals surface area contributed by atoms with Crippen molar-refractivity contribution in [1.29, 1.82) is 0 Å². The maximum absolute atomic E-state index is 11.0. The summed E-state index contributed by atoms with van der Waals surface area (Å²) in [5.41, 5.74) is 0. The molecule has 4 N–H and O–H groups in total. The number of rotatable bonds is 8. The SMILES string of the molecule is CCC(CCO)CNCc1ccc(S(N)(=O)=O)o1. The number of nitrogens with one attached hydrogen (secondary N) is 1. The first-order valence-electron chi connectivity index (χ1n) is 5.90. The first-order valence-corrected chi connectivity index (χ1v) is 7.45. The summed E-state index contributed by atoms with van der Waals surface area (Å²) in [6.45, 7) is 3.43. The standard InChI is InChI=1S/C11H20N2O4S/c1-2-9(5-6-14)7-13-8-10-3-4-11(17-10)18(12,15)16/h3-4,9,13-14H,2,5-8H2,1H3,(H2,12,15,16). The van der Waals surface area contributed by atoms with E-state index in [1.165, 1.54) is 6.07 Å². The van der Waals surface area contributed by atoms with Crippen LogP contribution < -0.4 is 10.5 Å². The molecule has 0 saturated heterocycles. The lowest BCUT2D eigenvalue weighted by Crippen LogP contribution is -2.22. The Hall–Kier alpha value is -0.890. The Morgan fingerprint density at radius 1 is 1.50 bits per heavy atom. The first kappa shape index (κ1) is 15.2. The first-order chi connectivity index (χ1) is 8.47. The number of sulfonamides is 1. The molecule has 0 aliphatic carbocycles. The average molecular weight is 276 g/mol. The summed E-state index contributed by atoms with van der Waals surface area (Å²) in [7, 11) is -3.76. The molecule has 0 aliphatic heterocycles. The van der Waals surface area contributed by atoms with Gasteiger partial charge >= 0.3 is 0 Å². The molecule has 1 rings (SSSR count). The van der Waals surface area contributed by atoms with Crippen molar-refractivity contribution in [2.24, 2.45) is 11.1 Å². The van der Waals surface area contributed by atoms with Crippen LogP contribution in [0.1, 0.15) is 25.5 Å². The van der Waals surface area contributed by atoms with Crippen molar-refractivity contribution in [3.8, 4) is 0 Å². The molecule has 18 heavy (non-hydrogen) atoms. The molecule has 0 saturated carbocycles. The minimum atomic E-state index is -3.76. The Morgan fingerprint density at radius 3 is 2.72 bits per heavy atom. The lowest BCUT2D eigenvalue weighted by Gasteiger charge is -2.13. The van der Waals surface area contributed by atoms with Crippen molar-refractivity contribution >= 4 is 10.0 Å². The molecular weight excluding hydrogens is 256 g/mol. The van der Waals surface area contributed by atoms with Crippen molar-refractivity contribution in [2.45, 2.75) is 31.4 Å². The summed E-state index contributed by atoms with van der Waals surface area (Å²) in [6, 6.07) is 2.93. The molecule has 0 fully saturated rings. The highest BCUT2D eigenvalue weighted by Gasteiger charge is 2.13. The van der Waals surface area contributed by atoms with Gasteiger partial charge in [0.1, 0.15) is 5.76 Å². The molecule has 0 spiro atoms. The molecule has 0 radical (unpaired) electrons. The second-order valence-corrected chi connectivity index (χ2v) is 5.68. The zero-order valence-corrected chi connectivity index (χ0v) is 11.2. The minimum absolute atomic E-state index is 0.177. The lowest BCUT2D eigenvalue weighted by molar-refractivity contribution is 0.250. The van der Waals surface area contributed by atoms with Gasteiger partial charge < -0.3 is 14.8 Å². The third-order valence-electron chi connectivity index (χ3n) is 2.76. The largest absolute Gasteiger partial charge is 0.447 e. The Kier molecular flexibility index (Phi) is 5.80. The predicted octanol–water partition coefficient (Wildman–Crippen LogP) is 0.425. The van der Waals surface area contributed by atoms with Crippen LogP contribution >= 0.6 is 0 Å². The Bertz CT molecular complexity index is 455. The van der Waals surface area contributed by atoms with Crippen LogP contribution in [0, 0.1) is 5.92 Å². The second-order valence-electron chi connectivity index (χ2n) is 4.18. The molecule has 0 aromatic carbocycles. The average Bonchev–Trinajstić information content (AvgIpc) is 2.76. The fourth-order valence-electron chi connectivity index (χ4n) is 1.64. The minimum Gasteiger partial charge on any atom is -0.447 e. The molecule has 1 unspecified atom stereocenters. The van der Waals surface area contributed by atoms with Gasteiger partial charge in [0.15, 0.2) is 0 Å². The number of aliphatic hydroxyl groups is 1. The van der Waals surface area contributed by atoms with Crippen molar-refractivity contribution in [3.05, 3.63) is 17.9 Å². The second kappa shape index (κ2) is 6.89. The van der Waals surface area contributed by atoms with Crippen LogP contribution in [0.15, 0.2) is 21.6 Å². The molecule has 6 nitrogen and oxygen atoms in total. The highest BCUT2D eigenvalue weighted by Crippen LogP contribution is 2.12. The van der Waals surface area contributed by atoms with Gasteiger partial charge in [0.25, 0.3) is 10.0 Å². The number of hydrogen-bond acceptors (Lipinski definition) is 5. The molecule has 7 heteroatoms. The summed E-state index contributed by atoms with van der Waals surface area (Å²) in [5.74, 6) is 0.931. The van der Waals surface area contributed by atoms with E-state index in [9.17, 15) is 8.42 Å². The van der Waals surface area contributed by atoms with E-state index in [-0.39, 0.29) is 11.7 Å².